The van der Waals surface area contributed by atoms with Crippen LogP contribution in [0.5, 0.6) is 5.75 Å². The third-order valence-electron chi connectivity index (χ3n) is 3.65. The zero-order valence-electron chi connectivity index (χ0n) is 14.0. The number of nitrogens with one attached hydrogen (secondary N) is 1. The number of ether oxygens (including phenoxy) is 2. The number of pyridine rings is 1. The molecule has 0 unspecified atom stereocenters. The van der Waals surface area contributed by atoms with Crippen LogP contribution in [-0.4, -0.2) is 35.6 Å². The van der Waals surface area contributed by atoms with E-state index in [1.165, 1.54) is 0 Å². The highest BCUT2D eigenvalue weighted by molar-refractivity contribution is 9.10. The summed E-state index contributed by atoms with van der Waals surface area (Å²) in [6, 6.07) is 11.5. The zero-order valence-corrected chi connectivity index (χ0v) is 15.5. The molecule has 25 heavy (non-hydrogen) atoms. The van der Waals surface area contributed by atoms with Crippen molar-refractivity contribution in [2.75, 3.05) is 25.6 Å². The van der Waals surface area contributed by atoms with E-state index in [4.69, 9.17) is 14.5 Å². The van der Waals surface area contributed by atoms with Gasteiger partial charge in [-0.25, -0.2) is 4.98 Å². The molecule has 0 fully saturated rings. The Morgan fingerprint density at radius 2 is 2.00 bits per heavy atom. The number of anilines is 1. The predicted molar refractivity (Wildman–Crippen MR) is 100 cm³/mol. The molecule has 3 rings (SSSR count). The molecule has 2 aromatic heterocycles. The first-order chi connectivity index (χ1) is 12.1. The molecule has 0 atom stereocenters. The van der Waals surface area contributed by atoms with E-state index in [2.05, 4.69) is 21.2 Å². The van der Waals surface area contributed by atoms with Crippen LogP contribution in [0.3, 0.4) is 0 Å². The van der Waals surface area contributed by atoms with Gasteiger partial charge in [0.2, 0.25) is 0 Å². The lowest BCUT2D eigenvalue weighted by molar-refractivity contribution is -0.140. The minimum atomic E-state index is -0.312. The molecule has 0 spiro atoms. The number of halogens is 1. The molecule has 0 amide bonds. The standard InChI is InChI=1S/C18H18BrN3O3/c1-3-25-16(23)10-20-18-17(12-4-7-14(24-2)8-5-12)21-15-9-6-13(19)11-22(15)18/h4-9,11,20H,3,10H2,1-2H3. The van der Waals surface area contributed by atoms with Crippen LogP contribution in [0.4, 0.5) is 5.82 Å². The van der Waals surface area contributed by atoms with Crippen LogP contribution < -0.4 is 10.1 Å². The van der Waals surface area contributed by atoms with E-state index in [0.717, 1.165) is 32.9 Å². The summed E-state index contributed by atoms with van der Waals surface area (Å²) >= 11 is 3.47. The van der Waals surface area contributed by atoms with Crippen LogP contribution in [0, 0.1) is 0 Å². The third kappa shape index (κ3) is 3.76. The average Bonchev–Trinajstić information content (AvgIpc) is 2.98. The fourth-order valence-corrected chi connectivity index (χ4v) is 2.84. The highest BCUT2D eigenvalue weighted by atomic mass is 79.9. The Morgan fingerprint density at radius 1 is 1.24 bits per heavy atom. The second-order valence-corrected chi connectivity index (χ2v) is 6.19. The first kappa shape index (κ1) is 17.3. The van der Waals surface area contributed by atoms with Gasteiger partial charge in [-0.2, -0.15) is 0 Å². The number of nitrogens with zero attached hydrogens (tertiary/aromatic N) is 2. The van der Waals surface area contributed by atoms with Gasteiger partial charge >= 0.3 is 5.97 Å². The monoisotopic (exact) mass is 403 g/mol. The highest BCUT2D eigenvalue weighted by Gasteiger charge is 2.15. The Hall–Kier alpha value is -2.54. The molecular formula is C18H18BrN3O3. The molecule has 1 N–H and O–H groups in total. The number of hydrogen-bond acceptors (Lipinski definition) is 5. The Bertz CT molecular complexity index is 890. The molecule has 0 radical (unpaired) electrons. The van der Waals surface area contributed by atoms with Gasteiger partial charge in [0.15, 0.2) is 0 Å². The molecular weight excluding hydrogens is 386 g/mol. The van der Waals surface area contributed by atoms with E-state index in [-0.39, 0.29) is 12.5 Å². The Kier molecular flexibility index (Phi) is 5.23. The van der Waals surface area contributed by atoms with Crippen molar-refractivity contribution in [2.24, 2.45) is 0 Å². The van der Waals surface area contributed by atoms with Crippen LogP contribution in [0.2, 0.25) is 0 Å². The molecule has 0 saturated heterocycles. The van der Waals surface area contributed by atoms with Crippen LogP contribution >= 0.6 is 15.9 Å². The molecule has 0 saturated carbocycles. The van der Waals surface area contributed by atoms with Crippen molar-refractivity contribution in [3.05, 3.63) is 47.1 Å². The number of carbonyl (C=O) groups excluding carboxylic acids is 1. The van der Waals surface area contributed by atoms with Crippen LogP contribution in [-0.2, 0) is 9.53 Å². The quantitative estimate of drug-likeness (QED) is 0.634. The molecule has 6 nitrogen and oxygen atoms in total. The minimum Gasteiger partial charge on any atom is -0.497 e. The van der Waals surface area contributed by atoms with Crippen molar-refractivity contribution in [1.29, 1.82) is 0 Å². The largest absolute Gasteiger partial charge is 0.497 e. The number of hydrogen-bond donors (Lipinski definition) is 1. The lowest BCUT2D eigenvalue weighted by Crippen LogP contribution is -2.17. The summed E-state index contributed by atoms with van der Waals surface area (Å²) in [4.78, 5) is 16.4. The van der Waals surface area contributed by atoms with Crippen LogP contribution in [0.1, 0.15) is 6.92 Å². The van der Waals surface area contributed by atoms with Crippen molar-refractivity contribution in [3.8, 4) is 17.0 Å². The number of carbonyl (C=O) groups is 1. The minimum absolute atomic E-state index is 0.0668. The molecule has 0 aliphatic carbocycles. The maximum atomic E-state index is 11.7. The van der Waals surface area contributed by atoms with Crippen molar-refractivity contribution >= 4 is 33.4 Å². The number of imidazole rings is 1. The summed E-state index contributed by atoms with van der Waals surface area (Å²) in [6.45, 7) is 2.20. The van der Waals surface area contributed by atoms with Gasteiger partial charge in [-0.3, -0.25) is 9.20 Å². The summed E-state index contributed by atoms with van der Waals surface area (Å²) in [6.07, 6.45) is 1.91. The van der Waals surface area contributed by atoms with Crippen molar-refractivity contribution < 1.29 is 14.3 Å². The average molecular weight is 404 g/mol. The molecule has 3 aromatic rings. The Balaban J connectivity index is 2.03. The van der Waals surface area contributed by atoms with Gasteiger partial charge in [-0.15, -0.1) is 0 Å². The number of rotatable bonds is 6. The van der Waals surface area contributed by atoms with Crippen molar-refractivity contribution in [1.82, 2.24) is 9.38 Å². The molecule has 0 aliphatic rings. The summed E-state index contributed by atoms with van der Waals surface area (Å²) in [5.41, 5.74) is 2.46. The maximum absolute atomic E-state index is 11.7. The second kappa shape index (κ2) is 7.57. The van der Waals surface area contributed by atoms with Crippen molar-refractivity contribution in [3.63, 3.8) is 0 Å². The lowest BCUT2D eigenvalue weighted by atomic mass is 10.1. The Labute approximate surface area is 153 Å². The molecule has 2 heterocycles. The summed E-state index contributed by atoms with van der Waals surface area (Å²) in [5.74, 6) is 1.19. The summed E-state index contributed by atoms with van der Waals surface area (Å²) in [7, 11) is 1.63. The maximum Gasteiger partial charge on any atom is 0.325 e. The molecule has 1 aromatic carbocycles. The third-order valence-corrected chi connectivity index (χ3v) is 4.12. The van der Waals surface area contributed by atoms with Gasteiger partial charge < -0.3 is 14.8 Å². The van der Waals surface area contributed by atoms with Gasteiger partial charge in [0.25, 0.3) is 0 Å². The van der Waals surface area contributed by atoms with Crippen molar-refractivity contribution in [2.45, 2.75) is 6.92 Å². The molecule has 130 valence electrons. The van der Waals surface area contributed by atoms with Crippen LogP contribution in [0.15, 0.2) is 47.1 Å². The van der Waals surface area contributed by atoms with E-state index in [1.54, 1.807) is 14.0 Å². The molecule has 0 aliphatic heterocycles. The second-order valence-electron chi connectivity index (χ2n) is 5.27. The number of methoxy groups -OCH3 is 1. The number of benzene rings is 1. The van der Waals surface area contributed by atoms with Gasteiger partial charge in [0.1, 0.15) is 29.5 Å². The van der Waals surface area contributed by atoms with E-state index >= 15 is 0 Å². The van der Waals surface area contributed by atoms with Gasteiger partial charge in [-0.1, -0.05) is 0 Å². The first-order valence-corrected chi connectivity index (χ1v) is 8.63. The number of fused-ring (bicyclic) bond motifs is 1. The van der Waals surface area contributed by atoms with Gasteiger partial charge in [0.05, 0.1) is 13.7 Å². The number of aromatic nitrogens is 2. The fourth-order valence-electron chi connectivity index (χ4n) is 2.51. The highest BCUT2D eigenvalue weighted by Crippen LogP contribution is 2.30. The molecule has 0 bridgehead atoms. The normalized spacial score (nSPS) is 10.7. The van der Waals surface area contributed by atoms with Gasteiger partial charge in [-0.05, 0) is 59.3 Å². The van der Waals surface area contributed by atoms with E-state index in [1.807, 2.05) is 47.0 Å². The predicted octanol–water partition coefficient (Wildman–Crippen LogP) is 3.75. The van der Waals surface area contributed by atoms with Gasteiger partial charge in [0, 0.05) is 16.2 Å². The SMILES string of the molecule is CCOC(=O)CNc1c(-c2ccc(OC)cc2)nc2ccc(Br)cn12. The molecule has 7 heteroatoms. The first-order valence-electron chi connectivity index (χ1n) is 7.84. The van der Waals surface area contributed by atoms with E-state index in [0.29, 0.717) is 6.61 Å². The fraction of sp³-hybridized carbons (Fsp3) is 0.222. The topological polar surface area (TPSA) is 64.9 Å². The zero-order chi connectivity index (χ0) is 17.8. The van der Waals surface area contributed by atoms with E-state index < -0.39 is 0 Å². The summed E-state index contributed by atoms with van der Waals surface area (Å²) < 4.78 is 13.0. The number of esters is 1. The van der Waals surface area contributed by atoms with E-state index in [9.17, 15) is 4.79 Å². The Morgan fingerprint density at radius 3 is 2.68 bits per heavy atom. The lowest BCUT2D eigenvalue weighted by Gasteiger charge is -2.09. The smallest absolute Gasteiger partial charge is 0.325 e. The van der Waals surface area contributed by atoms with Crippen LogP contribution in [0.25, 0.3) is 16.9 Å². The summed E-state index contributed by atoms with van der Waals surface area (Å²) in [5, 5.41) is 3.15.